The highest BCUT2D eigenvalue weighted by molar-refractivity contribution is 5.66. The van der Waals surface area contributed by atoms with Crippen LogP contribution in [0, 0.1) is 0 Å². The Kier molecular flexibility index (Phi) is 3.97. The quantitative estimate of drug-likeness (QED) is 0.485. The minimum absolute atomic E-state index is 0.608. The maximum absolute atomic E-state index is 13.3. The van der Waals surface area contributed by atoms with Crippen molar-refractivity contribution in [3.63, 3.8) is 0 Å². The highest BCUT2D eigenvalue weighted by atomic mass is 19.1. The Morgan fingerprint density at radius 2 is 2.07 bits per heavy atom. The molecular weight excluding hydrogens is 211 g/mol. The molecule has 1 heterocycles. The van der Waals surface area contributed by atoms with Crippen LogP contribution in [0.5, 0.6) is 0 Å². The van der Waals surface area contributed by atoms with E-state index in [4.69, 9.17) is 9.84 Å². The fraction of sp³-hybridized carbons (Fsp3) is 0.875. The lowest BCUT2D eigenvalue weighted by molar-refractivity contribution is -0.278. The van der Waals surface area contributed by atoms with Crippen molar-refractivity contribution in [2.45, 2.75) is 37.7 Å². The van der Waals surface area contributed by atoms with Gasteiger partial charge in [-0.05, 0) is 0 Å². The van der Waals surface area contributed by atoms with Crippen LogP contribution in [0.15, 0.2) is 0 Å². The predicted molar refractivity (Wildman–Crippen MR) is 44.4 cm³/mol. The van der Waals surface area contributed by atoms with Gasteiger partial charge in [0.1, 0.15) is 18.3 Å². The molecule has 0 saturated carbocycles. The fourth-order valence-corrected chi connectivity index (χ4v) is 1.30. The first kappa shape index (κ1) is 12.3. The Morgan fingerprint density at radius 1 is 1.47 bits per heavy atom. The summed E-state index contributed by atoms with van der Waals surface area (Å²) in [5, 5.41) is 27.2. The molecule has 1 saturated heterocycles. The Hall–Kier alpha value is -0.760. The summed E-state index contributed by atoms with van der Waals surface area (Å²) < 4.78 is 22.5. The lowest BCUT2D eigenvalue weighted by atomic mass is 10.0. The first-order valence-electron chi connectivity index (χ1n) is 4.41. The van der Waals surface area contributed by atoms with E-state index in [1.54, 1.807) is 0 Å². The van der Waals surface area contributed by atoms with E-state index in [-0.39, 0.29) is 0 Å². The first-order valence-corrected chi connectivity index (χ1v) is 4.41. The van der Waals surface area contributed by atoms with Crippen LogP contribution in [0.2, 0.25) is 0 Å². The van der Waals surface area contributed by atoms with Crippen molar-refractivity contribution in [2.75, 3.05) is 6.61 Å². The van der Waals surface area contributed by atoms with E-state index in [1.165, 1.54) is 0 Å². The molecule has 5 atom stereocenters. The highest BCUT2D eigenvalue weighted by Crippen LogP contribution is 2.24. The summed E-state index contributed by atoms with van der Waals surface area (Å²) in [4.78, 5) is 10.6. The van der Waals surface area contributed by atoms with Gasteiger partial charge in [-0.2, -0.15) is 0 Å². The molecule has 1 fully saturated rings. The number of aliphatic hydroxyl groups excluding tert-OH is 3. The van der Waals surface area contributed by atoms with Crippen LogP contribution < -0.4 is 0 Å². The summed E-state index contributed by atoms with van der Waals surface area (Å²) >= 11 is 0. The molecule has 1 aliphatic rings. The van der Waals surface area contributed by atoms with Crippen LogP contribution in [0.3, 0.4) is 0 Å². The highest BCUT2D eigenvalue weighted by Gasteiger charge is 2.46. The van der Waals surface area contributed by atoms with E-state index in [2.05, 4.69) is 4.74 Å². The van der Waals surface area contributed by atoms with Crippen LogP contribution in [0.1, 0.15) is 6.92 Å². The standard InChI is InChI=1S/C8H13FO6/c1-3(11)14-8-5(9)7(13)6(12)4(2-10)15-8/h4-8,10,12-13H,2H2,1H3/t4?,5?,6-,7-,8?/m1/s1. The summed E-state index contributed by atoms with van der Waals surface area (Å²) in [6.07, 6.45) is -8.10. The third-order valence-corrected chi connectivity index (χ3v) is 2.09. The van der Waals surface area contributed by atoms with Gasteiger partial charge in [-0.1, -0.05) is 0 Å². The average molecular weight is 224 g/mol. The molecule has 1 aliphatic heterocycles. The molecule has 0 aromatic rings. The predicted octanol–water partition coefficient (Wildman–Crippen LogP) is -1.67. The number of rotatable bonds is 2. The van der Waals surface area contributed by atoms with Gasteiger partial charge in [-0.3, -0.25) is 4.79 Å². The van der Waals surface area contributed by atoms with Crippen molar-refractivity contribution in [3.8, 4) is 0 Å². The molecular formula is C8H13FO6. The number of halogens is 1. The van der Waals surface area contributed by atoms with E-state index >= 15 is 0 Å². The van der Waals surface area contributed by atoms with Crippen LogP contribution >= 0.6 is 0 Å². The monoisotopic (exact) mass is 224 g/mol. The summed E-state index contributed by atoms with van der Waals surface area (Å²) in [5.74, 6) is -0.775. The van der Waals surface area contributed by atoms with Crippen molar-refractivity contribution in [1.82, 2.24) is 0 Å². The lowest BCUT2D eigenvalue weighted by Gasteiger charge is -2.37. The molecule has 0 amide bonds. The summed E-state index contributed by atoms with van der Waals surface area (Å²) in [5.41, 5.74) is 0. The molecule has 1 rings (SSSR count). The van der Waals surface area contributed by atoms with Gasteiger partial charge in [0.2, 0.25) is 6.29 Å². The number of hydrogen-bond acceptors (Lipinski definition) is 6. The SMILES string of the molecule is CC(=O)OC1OC(CO)[C@@H](O)[C@H](O)C1F. The molecule has 0 radical (unpaired) electrons. The third-order valence-electron chi connectivity index (χ3n) is 2.09. The van der Waals surface area contributed by atoms with E-state index in [1.807, 2.05) is 0 Å². The molecule has 3 unspecified atom stereocenters. The van der Waals surface area contributed by atoms with Crippen LogP contribution in [-0.2, 0) is 14.3 Å². The Labute approximate surface area is 85.2 Å². The van der Waals surface area contributed by atoms with Crippen LogP contribution in [0.4, 0.5) is 4.39 Å². The molecule has 0 spiro atoms. The average Bonchev–Trinajstić information content (AvgIpc) is 2.18. The van der Waals surface area contributed by atoms with Crippen molar-refractivity contribution in [3.05, 3.63) is 0 Å². The van der Waals surface area contributed by atoms with Gasteiger partial charge < -0.3 is 24.8 Å². The molecule has 6 nitrogen and oxygen atoms in total. The molecule has 0 aromatic carbocycles. The van der Waals surface area contributed by atoms with Gasteiger partial charge >= 0.3 is 5.97 Å². The second-order valence-corrected chi connectivity index (χ2v) is 3.26. The molecule has 88 valence electrons. The summed E-state index contributed by atoms with van der Waals surface area (Å²) in [7, 11) is 0. The Bertz CT molecular complexity index is 233. The van der Waals surface area contributed by atoms with Crippen molar-refractivity contribution in [1.29, 1.82) is 0 Å². The van der Waals surface area contributed by atoms with Gasteiger partial charge in [0.25, 0.3) is 0 Å². The Morgan fingerprint density at radius 3 is 2.53 bits per heavy atom. The molecule has 0 aliphatic carbocycles. The number of ether oxygens (including phenoxy) is 2. The van der Waals surface area contributed by atoms with E-state index in [0.29, 0.717) is 0 Å². The van der Waals surface area contributed by atoms with E-state index in [0.717, 1.165) is 6.92 Å². The smallest absolute Gasteiger partial charge is 0.305 e. The van der Waals surface area contributed by atoms with Gasteiger partial charge in [-0.15, -0.1) is 0 Å². The fourth-order valence-electron chi connectivity index (χ4n) is 1.30. The number of carbonyl (C=O) groups is 1. The minimum Gasteiger partial charge on any atom is -0.433 e. The van der Waals surface area contributed by atoms with E-state index in [9.17, 15) is 19.4 Å². The van der Waals surface area contributed by atoms with Gasteiger partial charge in [-0.25, -0.2) is 4.39 Å². The number of carbonyl (C=O) groups excluding carboxylic acids is 1. The van der Waals surface area contributed by atoms with Crippen LogP contribution in [-0.4, -0.2) is 58.7 Å². The van der Waals surface area contributed by atoms with Crippen molar-refractivity contribution in [2.24, 2.45) is 0 Å². The van der Waals surface area contributed by atoms with Gasteiger partial charge in [0.05, 0.1) is 6.61 Å². The topological polar surface area (TPSA) is 96.2 Å². The second kappa shape index (κ2) is 4.84. The normalized spacial score (nSPS) is 41.3. The molecule has 3 N–H and O–H groups in total. The number of alkyl halides is 1. The van der Waals surface area contributed by atoms with Gasteiger partial charge in [0, 0.05) is 6.92 Å². The summed E-state index contributed by atoms with van der Waals surface area (Å²) in [6.45, 7) is 0.449. The largest absolute Gasteiger partial charge is 0.433 e. The minimum atomic E-state index is -2.04. The summed E-state index contributed by atoms with van der Waals surface area (Å²) in [6, 6.07) is 0. The second-order valence-electron chi connectivity index (χ2n) is 3.26. The van der Waals surface area contributed by atoms with Crippen molar-refractivity contribution >= 4 is 5.97 Å². The number of aliphatic hydroxyl groups is 3. The Balaban J connectivity index is 2.69. The van der Waals surface area contributed by atoms with E-state index < -0.39 is 43.3 Å². The molecule has 0 bridgehead atoms. The number of esters is 1. The maximum atomic E-state index is 13.3. The van der Waals surface area contributed by atoms with Gasteiger partial charge in [0.15, 0.2) is 6.17 Å². The molecule has 7 heteroatoms. The lowest BCUT2D eigenvalue weighted by Crippen LogP contribution is -2.57. The maximum Gasteiger partial charge on any atom is 0.305 e. The van der Waals surface area contributed by atoms with Crippen LogP contribution in [0.25, 0.3) is 0 Å². The zero-order chi connectivity index (χ0) is 11.6. The van der Waals surface area contributed by atoms with Crippen molar-refractivity contribution < 1.29 is 34.0 Å². The third kappa shape index (κ3) is 2.63. The molecule has 0 aromatic heterocycles. The first-order chi connectivity index (χ1) is 6.97. The number of hydrogen-bond donors (Lipinski definition) is 3. The zero-order valence-corrected chi connectivity index (χ0v) is 8.04. The zero-order valence-electron chi connectivity index (χ0n) is 8.04. The molecule has 15 heavy (non-hydrogen) atoms.